The molecule has 0 unspecified atom stereocenters. The van der Waals surface area contributed by atoms with Crippen LogP contribution in [0.25, 0.3) is 0 Å². The molecular weight excluding hydrogens is 226 g/mol. The van der Waals surface area contributed by atoms with Crippen molar-refractivity contribution in [3.05, 3.63) is 24.8 Å². The average molecular weight is 235 g/mol. The molecule has 2 rings (SSSR count). The van der Waals surface area contributed by atoms with E-state index in [-0.39, 0.29) is 0 Å². The van der Waals surface area contributed by atoms with Crippen LogP contribution in [0, 0.1) is 0 Å². The second kappa shape index (κ2) is 4.75. The Morgan fingerprint density at radius 3 is 2.62 bits per heavy atom. The van der Waals surface area contributed by atoms with E-state index in [0.29, 0.717) is 21.7 Å². The minimum Gasteiger partial charge on any atom is -0.479 e. The molecule has 6 nitrogen and oxygen atoms in total. The quantitative estimate of drug-likeness (QED) is 0.627. The molecule has 0 fully saturated rings. The Hall–Kier alpha value is -1.89. The molecule has 2 aromatic rings. The molecule has 2 N–H and O–H groups in total. The van der Waals surface area contributed by atoms with Crippen molar-refractivity contribution in [2.75, 3.05) is 12.8 Å². The molecule has 2 heterocycles. The van der Waals surface area contributed by atoms with Gasteiger partial charge in [0.2, 0.25) is 5.88 Å². The first kappa shape index (κ1) is 10.6. The summed E-state index contributed by atoms with van der Waals surface area (Å²) in [6.07, 6.45) is 4.70. The van der Waals surface area contributed by atoms with E-state index in [1.54, 1.807) is 18.5 Å². The number of ether oxygens (including phenoxy) is 1. The molecule has 0 aliphatic carbocycles. The van der Waals surface area contributed by atoms with Gasteiger partial charge in [-0.1, -0.05) is 0 Å². The standard InChI is InChI=1S/C9H9N5OS/c1-15-7-6(10)8(14-5-13-7)16-9-11-3-2-4-12-9/h2-5H,10H2,1H3. The van der Waals surface area contributed by atoms with Crippen molar-refractivity contribution < 1.29 is 4.74 Å². The van der Waals surface area contributed by atoms with Gasteiger partial charge in [-0.25, -0.2) is 15.0 Å². The van der Waals surface area contributed by atoms with E-state index in [0.717, 1.165) is 0 Å². The molecule has 0 aromatic carbocycles. The molecule has 0 radical (unpaired) electrons. The molecule has 0 atom stereocenters. The normalized spacial score (nSPS) is 10.1. The number of nitrogens with two attached hydrogens (primary N) is 1. The number of aromatic nitrogens is 4. The van der Waals surface area contributed by atoms with Crippen molar-refractivity contribution in [2.45, 2.75) is 10.2 Å². The molecule has 16 heavy (non-hydrogen) atoms. The van der Waals surface area contributed by atoms with Crippen LogP contribution in [0.1, 0.15) is 0 Å². The van der Waals surface area contributed by atoms with Crippen LogP contribution < -0.4 is 10.5 Å². The molecule has 7 heteroatoms. The van der Waals surface area contributed by atoms with E-state index in [1.165, 1.54) is 25.2 Å². The predicted octanol–water partition coefficient (Wildman–Crippen LogP) is 1.01. The van der Waals surface area contributed by atoms with Gasteiger partial charge in [-0.3, -0.25) is 0 Å². The Morgan fingerprint density at radius 2 is 1.94 bits per heavy atom. The zero-order chi connectivity index (χ0) is 11.4. The third-order valence-corrected chi connectivity index (χ3v) is 2.65. The molecule has 0 aliphatic rings. The van der Waals surface area contributed by atoms with Crippen LogP contribution in [0.2, 0.25) is 0 Å². The highest BCUT2D eigenvalue weighted by Gasteiger charge is 2.10. The first-order chi connectivity index (χ1) is 7.81. The summed E-state index contributed by atoms with van der Waals surface area (Å²) in [5.74, 6) is 0.355. The first-order valence-corrected chi connectivity index (χ1v) is 5.22. The smallest absolute Gasteiger partial charge is 0.241 e. The Bertz CT molecular complexity index is 479. The Balaban J connectivity index is 2.28. The summed E-state index contributed by atoms with van der Waals surface area (Å²) in [6, 6.07) is 1.74. The molecule has 0 bridgehead atoms. The average Bonchev–Trinajstić information content (AvgIpc) is 2.33. The van der Waals surface area contributed by atoms with Crippen molar-refractivity contribution in [3.8, 4) is 5.88 Å². The fourth-order valence-corrected chi connectivity index (χ4v) is 1.73. The van der Waals surface area contributed by atoms with Gasteiger partial charge in [-0.05, 0) is 17.8 Å². The predicted molar refractivity (Wildman–Crippen MR) is 59.2 cm³/mol. The van der Waals surface area contributed by atoms with Gasteiger partial charge >= 0.3 is 0 Å². The lowest BCUT2D eigenvalue weighted by Crippen LogP contribution is -1.99. The van der Waals surface area contributed by atoms with E-state index < -0.39 is 0 Å². The van der Waals surface area contributed by atoms with E-state index in [1.807, 2.05) is 0 Å². The fourth-order valence-electron chi connectivity index (χ4n) is 1.03. The molecular formula is C9H9N5OS. The van der Waals surface area contributed by atoms with E-state index in [2.05, 4.69) is 19.9 Å². The second-order valence-corrected chi connectivity index (χ2v) is 3.69. The lowest BCUT2D eigenvalue weighted by Gasteiger charge is -2.05. The number of hydrogen-bond donors (Lipinski definition) is 1. The number of anilines is 1. The summed E-state index contributed by atoms with van der Waals surface area (Å²) in [5.41, 5.74) is 6.21. The van der Waals surface area contributed by atoms with Crippen LogP contribution in [0.3, 0.4) is 0 Å². The van der Waals surface area contributed by atoms with Gasteiger partial charge in [0.15, 0.2) is 5.16 Å². The maximum atomic E-state index is 5.82. The van der Waals surface area contributed by atoms with Crippen LogP contribution >= 0.6 is 11.8 Å². The molecule has 0 amide bonds. The van der Waals surface area contributed by atoms with Gasteiger partial charge in [0, 0.05) is 12.4 Å². The molecule has 0 saturated heterocycles. The highest BCUT2D eigenvalue weighted by molar-refractivity contribution is 7.99. The molecule has 0 spiro atoms. The lowest BCUT2D eigenvalue weighted by molar-refractivity contribution is 0.397. The van der Waals surface area contributed by atoms with Crippen molar-refractivity contribution in [3.63, 3.8) is 0 Å². The Morgan fingerprint density at radius 1 is 1.19 bits per heavy atom. The summed E-state index contributed by atoms with van der Waals surface area (Å²) in [5, 5.41) is 1.16. The summed E-state index contributed by atoms with van der Waals surface area (Å²) >= 11 is 1.27. The number of nitrogen functional groups attached to an aromatic ring is 1. The van der Waals surface area contributed by atoms with Crippen LogP contribution in [0.5, 0.6) is 5.88 Å². The third kappa shape index (κ3) is 2.19. The number of nitrogens with zero attached hydrogens (tertiary/aromatic N) is 4. The first-order valence-electron chi connectivity index (χ1n) is 4.40. The van der Waals surface area contributed by atoms with Crippen LogP contribution in [0.15, 0.2) is 35.0 Å². The topological polar surface area (TPSA) is 86.8 Å². The van der Waals surface area contributed by atoms with Gasteiger partial charge in [-0.2, -0.15) is 4.98 Å². The molecule has 0 aliphatic heterocycles. The zero-order valence-electron chi connectivity index (χ0n) is 8.49. The van der Waals surface area contributed by atoms with E-state index in [9.17, 15) is 0 Å². The monoisotopic (exact) mass is 235 g/mol. The number of rotatable bonds is 3. The second-order valence-electron chi connectivity index (χ2n) is 2.74. The maximum Gasteiger partial charge on any atom is 0.241 e. The van der Waals surface area contributed by atoms with E-state index >= 15 is 0 Å². The van der Waals surface area contributed by atoms with Crippen LogP contribution in [-0.2, 0) is 0 Å². The Kier molecular flexibility index (Phi) is 3.16. The third-order valence-electron chi connectivity index (χ3n) is 1.73. The summed E-state index contributed by atoms with van der Waals surface area (Å²) in [6.45, 7) is 0. The molecule has 82 valence electrons. The minimum atomic E-state index is 0.355. The van der Waals surface area contributed by atoms with Gasteiger partial charge < -0.3 is 10.5 Å². The van der Waals surface area contributed by atoms with Crippen molar-refractivity contribution in [1.29, 1.82) is 0 Å². The van der Waals surface area contributed by atoms with E-state index in [4.69, 9.17) is 10.5 Å². The van der Waals surface area contributed by atoms with Gasteiger partial charge in [0.25, 0.3) is 0 Å². The summed E-state index contributed by atoms with van der Waals surface area (Å²) in [7, 11) is 1.51. The van der Waals surface area contributed by atoms with Gasteiger partial charge in [0.05, 0.1) is 7.11 Å². The van der Waals surface area contributed by atoms with Crippen molar-refractivity contribution in [2.24, 2.45) is 0 Å². The van der Waals surface area contributed by atoms with Crippen LogP contribution in [0.4, 0.5) is 5.69 Å². The number of methoxy groups -OCH3 is 1. The SMILES string of the molecule is COc1ncnc(Sc2ncccn2)c1N. The lowest BCUT2D eigenvalue weighted by atomic mass is 10.5. The van der Waals surface area contributed by atoms with Crippen molar-refractivity contribution in [1.82, 2.24) is 19.9 Å². The van der Waals surface area contributed by atoms with Gasteiger partial charge in [0.1, 0.15) is 17.0 Å². The van der Waals surface area contributed by atoms with Gasteiger partial charge in [-0.15, -0.1) is 0 Å². The fraction of sp³-hybridized carbons (Fsp3) is 0.111. The minimum absolute atomic E-state index is 0.355. The van der Waals surface area contributed by atoms with Crippen molar-refractivity contribution >= 4 is 17.4 Å². The maximum absolute atomic E-state index is 5.82. The Labute approximate surface area is 96.3 Å². The summed E-state index contributed by atoms with van der Waals surface area (Å²) < 4.78 is 4.99. The molecule has 0 saturated carbocycles. The zero-order valence-corrected chi connectivity index (χ0v) is 9.31. The largest absolute Gasteiger partial charge is 0.479 e. The van der Waals surface area contributed by atoms with Crippen LogP contribution in [-0.4, -0.2) is 27.0 Å². The highest BCUT2D eigenvalue weighted by atomic mass is 32.2. The molecule has 2 aromatic heterocycles. The highest BCUT2D eigenvalue weighted by Crippen LogP contribution is 2.31. The summed E-state index contributed by atoms with van der Waals surface area (Å²) in [4.78, 5) is 16.1. The number of hydrogen-bond acceptors (Lipinski definition) is 7.